The number of amides is 1. The lowest BCUT2D eigenvalue weighted by Gasteiger charge is -2.33. The van der Waals surface area contributed by atoms with Gasteiger partial charge in [0.1, 0.15) is 23.3 Å². The van der Waals surface area contributed by atoms with Crippen molar-refractivity contribution in [2.75, 3.05) is 31.3 Å². The van der Waals surface area contributed by atoms with E-state index in [0.717, 1.165) is 6.54 Å². The molecule has 218 valence electrons. The first-order valence-corrected chi connectivity index (χ1v) is 14.2. The van der Waals surface area contributed by atoms with Crippen molar-refractivity contribution >= 4 is 28.6 Å². The summed E-state index contributed by atoms with van der Waals surface area (Å²) in [5.41, 5.74) is 8.56. The predicted molar refractivity (Wildman–Crippen MR) is 168 cm³/mol. The first-order valence-electron chi connectivity index (χ1n) is 14.2. The van der Waals surface area contributed by atoms with Crippen LogP contribution in [0.1, 0.15) is 19.3 Å². The lowest BCUT2D eigenvalue weighted by atomic mass is 9.92. The summed E-state index contributed by atoms with van der Waals surface area (Å²) < 4.78 is 8.89. The Balaban J connectivity index is 1.26. The number of benzene rings is 3. The minimum atomic E-state index is -0.352. The Bertz CT molecular complexity index is 1820. The summed E-state index contributed by atoms with van der Waals surface area (Å²) in [5, 5.41) is 0. The van der Waals surface area contributed by atoms with Crippen molar-refractivity contribution in [2.24, 2.45) is 0 Å². The molecule has 1 fully saturated rings. The molecule has 1 aliphatic carbocycles. The van der Waals surface area contributed by atoms with Gasteiger partial charge in [-0.3, -0.25) is 14.3 Å². The lowest BCUT2D eigenvalue weighted by molar-refractivity contribution is -0.113. The van der Waals surface area contributed by atoms with E-state index in [1.54, 1.807) is 66.6 Å². The number of likely N-dealkylation sites (N-methyl/N-ethyl adjacent to an activating group) is 2. The summed E-state index contributed by atoms with van der Waals surface area (Å²) in [7, 11) is 3.82. The SMILES string of the molecule is CN(C(=O)C=CCN(C)C1CCC1)c1ccc(-n2c(=O)n(-c3ccc(Oc4ccccc4)cc3)c3c(N)ncnc32)cc1. The van der Waals surface area contributed by atoms with E-state index < -0.39 is 0 Å². The summed E-state index contributed by atoms with van der Waals surface area (Å²) in [6.07, 6.45) is 8.58. The van der Waals surface area contributed by atoms with Crippen LogP contribution in [0.15, 0.2) is 102 Å². The molecule has 1 saturated carbocycles. The summed E-state index contributed by atoms with van der Waals surface area (Å²) >= 11 is 0. The third-order valence-corrected chi connectivity index (χ3v) is 7.90. The maximum absolute atomic E-state index is 13.9. The molecule has 10 nitrogen and oxygen atoms in total. The molecule has 0 saturated heterocycles. The highest BCUT2D eigenvalue weighted by Crippen LogP contribution is 2.27. The molecule has 1 amide bonds. The van der Waals surface area contributed by atoms with Gasteiger partial charge in [-0.2, -0.15) is 0 Å². The Morgan fingerprint density at radius 1 is 0.930 bits per heavy atom. The number of nitrogen functional groups attached to an aromatic ring is 1. The summed E-state index contributed by atoms with van der Waals surface area (Å²) in [5.74, 6) is 1.40. The number of para-hydroxylation sites is 1. The smallest absolute Gasteiger partial charge is 0.339 e. The summed E-state index contributed by atoms with van der Waals surface area (Å²) in [6.45, 7) is 0.740. The number of anilines is 2. The van der Waals surface area contributed by atoms with E-state index >= 15 is 0 Å². The molecule has 0 spiro atoms. The Kier molecular flexibility index (Phi) is 7.76. The van der Waals surface area contributed by atoms with E-state index in [1.807, 2.05) is 36.4 Å². The largest absolute Gasteiger partial charge is 0.457 e. The van der Waals surface area contributed by atoms with E-state index in [4.69, 9.17) is 10.5 Å². The third-order valence-electron chi connectivity index (χ3n) is 7.90. The van der Waals surface area contributed by atoms with Crippen LogP contribution in [0.2, 0.25) is 0 Å². The number of imidazole rings is 1. The number of nitrogens with zero attached hydrogens (tertiary/aromatic N) is 6. The molecule has 0 radical (unpaired) electrons. The van der Waals surface area contributed by atoms with Crippen LogP contribution in [-0.2, 0) is 4.79 Å². The van der Waals surface area contributed by atoms with Gasteiger partial charge in [0.25, 0.3) is 0 Å². The summed E-state index contributed by atoms with van der Waals surface area (Å²) in [4.78, 5) is 39.1. The number of rotatable bonds is 9. The second-order valence-corrected chi connectivity index (χ2v) is 10.6. The normalized spacial score (nSPS) is 13.5. The van der Waals surface area contributed by atoms with Gasteiger partial charge >= 0.3 is 5.69 Å². The highest BCUT2D eigenvalue weighted by Gasteiger charge is 2.22. The van der Waals surface area contributed by atoms with E-state index in [0.29, 0.717) is 45.8 Å². The van der Waals surface area contributed by atoms with Crippen molar-refractivity contribution in [1.82, 2.24) is 24.0 Å². The summed E-state index contributed by atoms with van der Waals surface area (Å²) in [6, 6.07) is 24.4. The van der Waals surface area contributed by atoms with Crippen molar-refractivity contribution in [3.05, 3.63) is 108 Å². The Morgan fingerprint density at radius 2 is 1.58 bits per heavy atom. The average Bonchev–Trinajstić information content (AvgIpc) is 3.29. The van der Waals surface area contributed by atoms with Crippen LogP contribution in [0.3, 0.4) is 0 Å². The quantitative estimate of drug-likeness (QED) is 0.248. The van der Waals surface area contributed by atoms with E-state index in [-0.39, 0.29) is 17.4 Å². The van der Waals surface area contributed by atoms with Crippen LogP contribution in [-0.4, -0.2) is 56.6 Å². The van der Waals surface area contributed by atoms with Crippen molar-refractivity contribution in [3.8, 4) is 22.9 Å². The molecule has 10 heteroatoms. The zero-order valence-corrected chi connectivity index (χ0v) is 24.1. The number of nitrogens with two attached hydrogens (primary N) is 1. The van der Waals surface area contributed by atoms with Gasteiger partial charge in [-0.15, -0.1) is 0 Å². The first kappa shape index (κ1) is 27.9. The molecular weight excluding hydrogens is 542 g/mol. The monoisotopic (exact) mass is 575 g/mol. The molecule has 0 aliphatic heterocycles. The van der Waals surface area contributed by atoms with Crippen molar-refractivity contribution in [1.29, 1.82) is 0 Å². The lowest BCUT2D eigenvalue weighted by Crippen LogP contribution is -2.37. The van der Waals surface area contributed by atoms with Gasteiger partial charge in [-0.25, -0.2) is 19.3 Å². The molecule has 5 aromatic rings. The maximum atomic E-state index is 13.9. The Labute approximate surface area is 249 Å². The van der Waals surface area contributed by atoms with E-state index in [9.17, 15) is 9.59 Å². The van der Waals surface area contributed by atoms with Gasteiger partial charge in [0.2, 0.25) is 5.91 Å². The van der Waals surface area contributed by atoms with E-state index in [1.165, 1.54) is 34.7 Å². The van der Waals surface area contributed by atoms with Crippen molar-refractivity contribution < 1.29 is 9.53 Å². The van der Waals surface area contributed by atoms with Crippen LogP contribution < -0.4 is 21.1 Å². The molecule has 3 aromatic carbocycles. The molecule has 0 unspecified atom stereocenters. The fourth-order valence-corrected chi connectivity index (χ4v) is 5.17. The molecule has 2 aromatic heterocycles. The first-order chi connectivity index (χ1) is 20.9. The predicted octanol–water partition coefficient (Wildman–Crippen LogP) is 4.95. The number of aromatic nitrogens is 4. The molecule has 0 bridgehead atoms. The van der Waals surface area contributed by atoms with Gasteiger partial charge in [0.15, 0.2) is 11.5 Å². The van der Waals surface area contributed by atoms with Crippen molar-refractivity contribution in [3.63, 3.8) is 0 Å². The number of fused-ring (bicyclic) bond motifs is 1. The molecule has 2 heterocycles. The zero-order valence-electron chi connectivity index (χ0n) is 24.1. The second-order valence-electron chi connectivity index (χ2n) is 10.6. The molecular formula is C33H33N7O3. The van der Waals surface area contributed by atoms with Crippen LogP contribution in [0.5, 0.6) is 11.5 Å². The van der Waals surface area contributed by atoms with Gasteiger partial charge in [0, 0.05) is 31.4 Å². The van der Waals surface area contributed by atoms with Gasteiger partial charge < -0.3 is 15.4 Å². The van der Waals surface area contributed by atoms with Crippen LogP contribution >= 0.6 is 0 Å². The minimum absolute atomic E-state index is 0.122. The second kappa shape index (κ2) is 11.9. The number of ether oxygens (including phenoxy) is 1. The van der Waals surface area contributed by atoms with Crippen molar-refractivity contribution in [2.45, 2.75) is 25.3 Å². The number of hydrogen-bond donors (Lipinski definition) is 1. The maximum Gasteiger partial charge on any atom is 0.339 e. The molecule has 6 rings (SSSR count). The fraction of sp³-hybridized carbons (Fsp3) is 0.212. The van der Waals surface area contributed by atoms with Crippen LogP contribution in [0, 0.1) is 0 Å². The fourth-order valence-electron chi connectivity index (χ4n) is 5.17. The standard InChI is InChI=1S/C33H33N7O3/c1-37(23-8-6-9-23)21-7-12-29(41)38(2)24-13-15-26(16-14-24)40-32-30(31(34)35-22-36-32)39(33(40)42)25-17-19-28(20-18-25)43-27-10-4-3-5-11-27/h3-5,7,10-20,22-23H,6,8-9,21H2,1-2H3,(H2,34,35,36). The zero-order chi connectivity index (χ0) is 29.9. The van der Waals surface area contributed by atoms with Crippen LogP contribution in [0.25, 0.3) is 22.5 Å². The van der Waals surface area contributed by atoms with Gasteiger partial charge in [-0.05, 0) is 80.6 Å². The van der Waals surface area contributed by atoms with Gasteiger partial charge in [0.05, 0.1) is 11.4 Å². The number of carbonyl (C=O) groups excluding carboxylic acids is 1. The molecule has 43 heavy (non-hydrogen) atoms. The molecule has 1 aliphatic rings. The Morgan fingerprint density at radius 3 is 2.26 bits per heavy atom. The number of carbonyl (C=O) groups is 1. The van der Waals surface area contributed by atoms with Gasteiger partial charge in [-0.1, -0.05) is 30.7 Å². The third kappa shape index (κ3) is 5.64. The van der Waals surface area contributed by atoms with Crippen LogP contribution in [0.4, 0.5) is 11.5 Å². The molecule has 2 N–H and O–H groups in total. The topological polar surface area (TPSA) is 112 Å². The number of hydrogen-bond acceptors (Lipinski definition) is 7. The Hall–Kier alpha value is -5.22. The minimum Gasteiger partial charge on any atom is -0.457 e. The highest BCUT2D eigenvalue weighted by molar-refractivity contribution is 6.01. The highest BCUT2D eigenvalue weighted by atomic mass is 16.5. The average molecular weight is 576 g/mol. The molecule has 0 atom stereocenters. The van der Waals surface area contributed by atoms with E-state index in [2.05, 4.69) is 21.9 Å².